The molecule has 1 unspecified atom stereocenters. The maximum atomic E-state index is 12.0. The van der Waals surface area contributed by atoms with Crippen LogP contribution >= 0.6 is 11.6 Å². The minimum atomic E-state index is 0.174. The first kappa shape index (κ1) is 14.4. The van der Waals surface area contributed by atoms with Gasteiger partial charge in [0.1, 0.15) is 0 Å². The van der Waals surface area contributed by atoms with E-state index in [1.165, 1.54) is 11.1 Å². The summed E-state index contributed by atoms with van der Waals surface area (Å²) in [4.78, 5) is 13.8. The zero-order chi connectivity index (χ0) is 13.8. The maximum absolute atomic E-state index is 12.0. The number of fused-ring (bicyclic) bond motifs is 1. The van der Waals surface area contributed by atoms with Gasteiger partial charge in [-0.3, -0.25) is 4.79 Å². The van der Waals surface area contributed by atoms with Crippen LogP contribution in [0.2, 0.25) is 5.02 Å². The fraction of sp³-hybridized carbons (Fsp3) is 0.533. The summed E-state index contributed by atoms with van der Waals surface area (Å²) in [6.45, 7) is 5.97. The molecule has 1 N–H and O–H groups in total. The molecule has 1 aliphatic rings. The van der Waals surface area contributed by atoms with E-state index < -0.39 is 0 Å². The van der Waals surface area contributed by atoms with E-state index in [4.69, 9.17) is 11.6 Å². The Bertz CT molecular complexity index is 457. The number of carbonyl (C=O) groups is 1. The highest BCUT2D eigenvalue weighted by atomic mass is 35.5. The molecule has 3 nitrogen and oxygen atoms in total. The lowest BCUT2D eigenvalue weighted by Gasteiger charge is -2.21. The predicted molar refractivity (Wildman–Crippen MR) is 78.4 cm³/mol. The zero-order valence-electron chi connectivity index (χ0n) is 11.6. The quantitative estimate of drug-likeness (QED) is 0.899. The molecule has 19 heavy (non-hydrogen) atoms. The standard InChI is InChI=1S/C15H21ClN2O/c1-3-18(4-2)15(19)10-17-14-8-5-11-9-12(16)6-7-13(11)14/h6-7,9,14,17H,3-5,8,10H2,1-2H3. The van der Waals surface area contributed by atoms with Crippen LogP contribution in [0.4, 0.5) is 0 Å². The third kappa shape index (κ3) is 3.28. The molecule has 1 amide bonds. The molecule has 0 spiro atoms. The number of benzene rings is 1. The fourth-order valence-corrected chi connectivity index (χ4v) is 2.89. The van der Waals surface area contributed by atoms with E-state index in [9.17, 15) is 4.79 Å². The lowest BCUT2D eigenvalue weighted by Crippen LogP contribution is -2.38. The monoisotopic (exact) mass is 280 g/mol. The molecule has 1 atom stereocenters. The highest BCUT2D eigenvalue weighted by Gasteiger charge is 2.23. The van der Waals surface area contributed by atoms with Crippen LogP contribution in [0, 0.1) is 0 Å². The van der Waals surface area contributed by atoms with Gasteiger partial charge in [-0.15, -0.1) is 0 Å². The SMILES string of the molecule is CCN(CC)C(=O)CNC1CCc2cc(Cl)ccc21. The summed E-state index contributed by atoms with van der Waals surface area (Å²) < 4.78 is 0. The van der Waals surface area contributed by atoms with Crippen LogP contribution in [0.25, 0.3) is 0 Å². The Labute approximate surface area is 119 Å². The molecule has 0 saturated heterocycles. The fourth-order valence-electron chi connectivity index (χ4n) is 2.70. The highest BCUT2D eigenvalue weighted by Crippen LogP contribution is 2.32. The van der Waals surface area contributed by atoms with Crippen molar-refractivity contribution in [2.45, 2.75) is 32.7 Å². The smallest absolute Gasteiger partial charge is 0.236 e. The summed E-state index contributed by atoms with van der Waals surface area (Å²) in [5.41, 5.74) is 2.59. The van der Waals surface area contributed by atoms with Crippen molar-refractivity contribution in [3.63, 3.8) is 0 Å². The summed E-state index contributed by atoms with van der Waals surface area (Å²) in [7, 11) is 0. The van der Waals surface area contributed by atoms with Gasteiger partial charge in [0.2, 0.25) is 5.91 Å². The molecular weight excluding hydrogens is 260 g/mol. The molecule has 2 rings (SSSR count). The van der Waals surface area contributed by atoms with E-state index >= 15 is 0 Å². The van der Waals surface area contributed by atoms with E-state index in [1.54, 1.807) is 0 Å². The van der Waals surface area contributed by atoms with Crippen molar-refractivity contribution >= 4 is 17.5 Å². The first-order valence-corrected chi connectivity index (χ1v) is 7.33. The summed E-state index contributed by atoms with van der Waals surface area (Å²) in [5.74, 6) is 0.174. The van der Waals surface area contributed by atoms with Crippen LogP contribution in [0.1, 0.15) is 37.4 Å². The van der Waals surface area contributed by atoms with Crippen molar-refractivity contribution < 1.29 is 4.79 Å². The number of aryl methyl sites for hydroxylation is 1. The van der Waals surface area contributed by atoms with Crippen LogP contribution in [-0.2, 0) is 11.2 Å². The van der Waals surface area contributed by atoms with Gasteiger partial charge in [0.05, 0.1) is 6.54 Å². The molecule has 1 aliphatic carbocycles. The van der Waals surface area contributed by atoms with Gasteiger partial charge in [-0.2, -0.15) is 0 Å². The van der Waals surface area contributed by atoms with E-state index in [0.29, 0.717) is 6.54 Å². The predicted octanol–water partition coefficient (Wildman–Crippen LogP) is 2.79. The van der Waals surface area contributed by atoms with Crippen molar-refractivity contribution in [1.82, 2.24) is 10.2 Å². The van der Waals surface area contributed by atoms with Crippen molar-refractivity contribution in [3.8, 4) is 0 Å². The topological polar surface area (TPSA) is 32.3 Å². The van der Waals surface area contributed by atoms with Gasteiger partial charge < -0.3 is 10.2 Å². The third-order valence-corrected chi connectivity index (χ3v) is 4.03. The van der Waals surface area contributed by atoms with Gasteiger partial charge in [-0.1, -0.05) is 17.7 Å². The molecule has 0 radical (unpaired) electrons. The number of nitrogens with one attached hydrogen (secondary N) is 1. The van der Waals surface area contributed by atoms with E-state index in [1.807, 2.05) is 30.9 Å². The van der Waals surface area contributed by atoms with Crippen LogP contribution in [0.15, 0.2) is 18.2 Å². The number of nitrogens with zero attached hydrogens (tertiary/aromatic N) is 1. The first-order valence-electron chi connectivity index (χ1n) is 6.95. The first-order chi connectivity index (χ1) is 9.15. The lowest BCUT2D eigenvalue weighted by molar-refractivity contribution is -0.130. The van der Waals surface area contributed by atoms with Crippen molar-refractivity contribution in [3.05, 3.63) is 34.3 Å². The zero-order valence-corrected chi connectivity index (χ0v) is 12.3. The molecule has 0 aromatic heterocycles. The molecule has 1 aromatic rings. The van der Waals surface area contributed by atoms with Gasteiger partial charge in [-0.05, 0) is 49.9 Å². The maximum Gasteiger partial charge on any atom is 0.236 e. The van der Waals surface area contributed by atoms with Crippen molar-refractivity contribution in [2.75, 3.05) is 19.6 Å². The summed E-state index contributed by atoms with van der Waals surface area (Å²) >= 11 is 6.00. The van der Waals surface area contributed by atoms with E-state index in [-0.39, 0.29) is 11.9 Å². The molecule has 0 bridgehead atoms. The number of amides is 1. The number of carbonyl (C=O) groups excluding carboxylic acids is 1. The Kier molecular flexibility index (Phi) is 4.83. The molecule has 104 valence electrons. The largest absolute Gasteiger partial charge is 0.342 e. The number of hydrogen-bond donors (Lipinski definition) is 1. The average molecular weight is 281 g/mol. The van der Waals surface area contributed by atoms with Crippen molar-refractivity contribution in [2.24, 2.45) is 0 Å². The Morgan fingerprint density at radius 2 is 2.16 bits per heavy atom. The summed E-state index contributed by atoms with van der Waals surface area (Å²) in [6, 6.07) is 6.31. The highest BCUT2D eigenvalue weighted by molar-refractivity contribution is 6.30. The second kappa shape index (κ2) is 6.40. The Hall–Kier alpha value is -1.06. The van der Waals surface area contributed by atoms with Gasteiger partial charge in [0.25, 0.3) is 0 Å². The molecule has 0 fully saturated rings. The molecule has 4 heteroatoms. The summed E-state index contributed by atoms with van der Waals surface area (Å²) in [5, 5.41) is 4.16. The second-order valence-corrected chi connectivity index (χ2v) is 5.32. The van der Waals surface area contributed by atoms with E-state index in [0.717, 1.165) is 31.0 Å². The van der Waals surface area contributed by atoms with E-state index in [2.05, 4.69) is 11.4 Å². The number of hydrogen-bond acceptors (Lipinski definition) is 2. The molecule has 1 aromatic carbocycles. The van der Waals surface area contributed by atoms with Gasteiger partial charge >= 0.3 is 0 Å². The Balaban J connectivity index is 1.94. The molecule has 0 saturated carbocycles. The second-order valence-electron chi connectivity index (χ2n) is 4.88. The van der Waals surface area contributed by atoms with Crippen LogP contribution < -0.4 is 5.32 Å². The van der Waals surface area contributed by atoms with Crippen LogP contribution in [0.3, 0.4) is 0 Å². The van der Waals surface area contributed by atoms with Gasteiger partial charge in [-0.25, -0.2) is 0 Å². The number of halogens is 1. The number of rotatable bonds is 5. The minimum absolute atomic E-state index is 0.174. The van der Waals surface area contributed by atoms with Crippen LogP contribution in [0.5, 0.6) is 0 Å². The molecular formula is C15H21ClN2O. The van der Waals surface area contributed by atoms with Gasteiger partial charge in [0, 0.05) is 24.2 Å². The minimum Gasteiger partial charge on any atom is -0.342 e. The van der Waals surface area contributed by atoms with Gasteiger partial charge in [0.15, 0.2) is 0 Å². The third-order valence-electron chi connectivity index (χ3n) is 3.80. The molecule has 0 heterocycles. The van der Waals surface area contributed by atoms with Crippen LogP contribution in [-0.4, -0.2) is 30.4 Å². The Morgan fingerprint density at radius 3 is 2.84 bits per heavy atom. The lowest BCUT2D eigenvalue weighted by atomic mass is 10.1. The van der Waals surface area contributed by atoms with Crippen molar-refractivity contribution in [1.29, 1.82) is 0 Å². The Morgan fingerprint density at radius 1 is 1.42 bits per heavy atom. The average Bonchev–Trinajstić information content (AvgIpc) is 2.80. The normalized spacial score (nSPS) is 17.3. The molecule has 0 aliphatic heterocycles. The summed E-state index contributed by atoms with van der Waals surface area (Å²) in [6.07, 6.45) is 2.08. The number of likely N-dealkylation sites (N-methyl/N-ethyl adjacent to an activating group) is 1.